The van der Waals surface area contributed by atoms with Crippen molar-refractivity contribution in [3.8, 4) is 0 Å². The largest absolute Gasteiger partial charge is 0.522 e. The highest BCUT2D eigenvalue weighted by atomic mass is 19.4. The summed E-state index contributed by atoms with van der Waals surface area (Å²) in [6, 6.07) is 7.14. The van der Waals surface area contributed by atoms with E-state index in [4.69, 9.17) is 5.21 Å². The Bertz CT molecular complexity index is 474. The first-order valence-corrected chi connectivity index (χ1v) is 5.77. The summed E-state index contributed by atoms with van der Waals surface area (Å²) in [7, 11) is 0. The summed E-state index contributed by atoms with van der Waals surface area (Å²) in [5.74, 6) is 0. The molecule has 1 N–H and O–H groups in total. The molecule has 0 spiro atoms. The number of halogens is 3. The molecule has 7 heteroatoms. The molecule has 0 aromatic heterocycles. The first-order valence-electron chi connectivity index (χ1n) is 5.77. The van der Waals surface area contributed by atoms with Gasteiger partial charge in [-0.3, -0.25) is 4.74 Å². The number of hydrogen-bond donors (Lipinski definition) is 1. The average molecular weight is 274 g/mol. The lowest BCUT2D eigenvalue weighted by Gasteiger charge is -2.31. The van der Waals surface area contributed by atoms with Crippen LogP contribution in [0.2, 0.25) is 0 Å². The predicted octanol–water partition coefficient (Wildman–Crippen LogP) is 2.61. The zero-order valence-corrected chi connectivity index (χ0v) is 10.0. The Labute approximate surface area is 108 Å². The van der Waals surface area contributed by atoms with Gasteiger partial charge in [0.25, 0.3) is 0 Å². The molecule has 0 fully saturated rings. The number of ether oxygens (including phenoxy) is 1. The molecule has 0 saturated carbocycles. The molecule has 0 saturated heterocycles. The molecule has 0 bridgehead atoms. The summed E-state index contributed by atoms with van der Waals surface area (Å²) in [5, 5.41) is 12.1. The Morgan fingerprint density at radius 2 is 2.05 bits per heavy atom. The molecular formula is C12H13F3N2O2. The summed E-state index contributed by atoms with van der Waals surface area (Å²) in [6.45, 7) is 0.205. The fourth-order valence-electron chi connectivity index (χ4n) is 2.10. The van der Waals surface area contributed by atoms with Crippen molar-refractivity contribution >= 4 is 11.4 Å². The van der Waals surface area contributed by atoms with Crippen molar-refractivity contribution in [3.63, 3.8) is 0 Å². The van der Waals surface area contributed by atoms with E-state index in [2.05, 4.69) is 9.89 Å². The maximum absolute atomic E-state index is 11.9. The molecule has 0 atom stereocenters. The van der Waals surface area contributed by atoms with Gasteiger partial charge < -0.3 is 10.1 Å². The zero-order chi connectivity index (χ0) is 13.9. The highest BCUT2D eigenvalue weighted by Gasteiger charge is 2.29. The smallest absolute Gasteiger partial charge is 0.411 e. The molecule has 0 radical (unpaired) electrons. The molecule has 1 aromatic carbocycles. The summed E-state index contributed by atoms with van der Waals surface area (Å²) in [6.07, 6.45) is -4.12. The van der Waals surface area contributed by atoms with Crippen molar-refractivity contribution in [2.75, 3.05) is 24.6 Å². The van der Waals surface area contributed by atoms with Crippen LogP contribution in [0.1, 0.15) is 12.0 Å². The second-order valence-corrected chi connectivity index (χ2v) is 4.10. The number of oxime groups is 1. The maximum atomic E-state index is 11.9. The normalized spacial score (nSPS) is 17.6. The monoisotopic (exact) mass is 274 g/mol. The second kappa shape index (κ2) is 5.48. The van der Waals surface area contributed by atoms with E-state index in [-0.39, 0.29) is 6.54 Å². The van der Waals surface area contributed by atoms with Gasteiger partial charge >= 0.3 is 6.36 Å². The average Bonchev–Trinajstić information content (AvgIpc) is 2.37. The van der Waals surface area contributed by atoms with Crippen LogP contribution < -0.4 is 4.90 Å². The predicted molar refractivity (Wildman–Crippen MR) is 63.6 cm³/mol. The maximum Gasteiger partial charge on any atom is 0.522 e. The van der Waals surface area contributed by atoms with E-state index in [1.807, 2.05) is 0 Å². The first kappa shape index (κ1) is 13.7. The van der Waals surface area contributed by atoms with Gasteiger partial charge in [0.05, 0.1) is 12.3 Å². The third-order valence-electron chi connectivity index (χ3n) is 2.92. The van der Waals surface area contributed by atoms with E-state index >= 15 is 0 Å². The van der Waals surface area contributed by atoms with Crippen LogP contribution in [0, 0.1) is 0 Å². The van der Waals surface area contributed by atoms with Crippen LogP contribution >= 0.6 is 0 Å². The van der Waals surface area contributed by atoms with E-state index in [1.54, 1.807) is 29.2 Å². The van der Waals surface area contributed by atoms with Crippen LogP contribution in [0.3, 0.4) is 0 Å². The van der Waals surface area contributed by atoms with Crippen molar-refractivity contribution in [2.45, 2.75) is 12.8 Å². The van der Waals surface area contributed by atoms with Crippen molar-refractivity contribution in [3.05, 3.63) is 29.8 Å². The summed E-state index contributed by atoms with van der Waals surface area (Å²) >= 11 is 0. The first-order chi connectivity index (χ1) is 9.01. The molecular weight excluding hydrogens is 261 g/mol. The van der Waals surface area contributed by atoms with Crippen LogP contribution in [0.15, 0.2) is 29.4 Å². The lowest BCUT2D eigenvalue weighted by atomic mass is 10.00. The number of anilines is 1. The minimum Gasteiger partial charge on any atom is -0.411 e. The molecule has 1 aliphatic rings. The van der Waals surface area contributed by atoms with Crippen LogP contribution in [-0.2, 0) is 4.74 Å². The van der Waals surface area contributed by atoms with Crippen LogP contribution in [0.25, 0.3) is 0 Å². The van der Waals surface area contributed by atoms with E-state index in [9.17, 15) is 13.2 Å². The topological polar surface area (TPSA) is 45.1 Å². The van der Waals surface area contributed by atoms with E-state index < -0.39 is 13.0 Å². The number of alkyl halides is 3. The van der Waals surface area contributed by atoms with Gasteiger partial charge in [-0.2, -0.15) is 0 Å². The minimum atomic E-state index is -4.60. The zero-order valence-electron chi connectivity index (χ0n) is 10.0. The van der Waals surface area contributed by atoms with Gasteiger partial charge in [-0.1, -0.05) is 23.4 Å². The number of rotatable bonds is 3. The van der Waals surface area contributed by atoms with Gasteiger partial charge in [0.2, 0.25) is 0 Å². The summed E-state index contributed by atoms with van der Waals surface area (Å²) in [4.78, 5) is 1.79. The molecule has 1 aliphatic heterocycles. The standard InChI is InChI=1S/C12H13F3N2O2/c13-12(14,15)19-8-7-17-6-5-10(16-18)9-3-1-2-4-11(9)17/h1-4,18H,5-8H2. The van der Waals surface area contributed by atoms with Gasteiger partial charge in [-0.25, -0.2) is 0 Å². The highest BCUT2D eigenvalue weighted by Crippen LogP contribution is 2.27. The van der Waals surface area contributed by atoms with Gasteiger partial charge in [-0.05, 0) is 6.07 Å². The van der Waals surface area contributed by atoms with Crippen molar-refractivity contribution < 1.29 is 23.1 Å². The number of para-hydroxylation sites is 1. The quantitative estimate of drug-likeness (QED) is 0.680. The number of nitrogens with zero attached hydrogens (tertiary/aromatic N) is 2. The Morgan fingerprint density at radius 1 is 1.32 bits per heavy atom. The summed E-state index contributed by atoms with van der Waals surface area (Å²) in [5.41, 5.74) is 2.04. The molecule has 0 aliphatic carbocycles. The molecule has 104 valence electrons. The fraction of sp³-hybridized carbons (Fsp3) is 0.417. The second-order valence-electron chi connectivity index (χ2n) is 4.10. The Hall–Kier alpha value is -1.76. The van der Waals surface area contributed by atoms with Crippen LogP contribution in [0.5, 0.6) is 0 Å². The molecule has 2 rings (SSSR count). The van der Waals surface area contributed by atoms with Gasteiger partial charge in [0.1, 0.15) is 0 Å². The third-order valence-corrected chi connectivity index (χ3v) is 2.92. The fourth-order valence-corrected chi connectivity index (χ4v) is 2.10. The molecule has 0 amide bonds. The molecule has 1 aromatic rings. The van der Waals surface area contributed by atoms with Crippen molar-refractivity contribution in [1.82, 2.24) is 0 Å². The lowest BCUT2D eigenvalue weighted by molar-refractivity contribution is -0.323. The van der Waals surface area contributed by atoms with Crippen LogP contribution in [0.4, 0.5) is 18.9 Å². The minimum absolute atomic E-state index is 0.134. The Morgan fingerprint density at radius 3 is 2.74 bits per heavy atom. The molecule has 19 heavy (non-hydrogen) atoms. The number of hydrogen-bond acceptors (Lipinski definition) is 4. The van der Waals surface area contributed by atoms with Crippen molar-refractivity contribution in [1.29, 1.82) is 0 Å². The van der Waals surface area contributed by atoms with E-state index in [1.165, 1.54) is 0 Å². The third kappa shape index (κ3) is 3.37. The number of benzene rings is 1. The molecule has 0 unspecified atom stereocenters. The lowest BCUT2D eigenvalue weighted by Crippen LogP contribution is -2.36. The number of fused-ring (bicyclic) bond motifs is 1. The molecule has 4 nitrogen and oxygen atoms in total. The van der Waals surface area contributed by atoms with Crippen LogP contribution in [-0.4, -0.2) is 37.0 Å². The Kier molecular flexibility index (Phi) is 3.94. The Balaban J connectivity index is 2.08. The van der Waals surface area contributed by atoms with Gasteiger partial charge in [-0.15, -0.1) is 13.2 Å². The van der Waals surface area contributed by atoms with Gasteiger partial charge in [0.15, 0.2) is 0 Å². The SMILES string of the molecule is ON=C1CCN(CCOC(F)(F)F)c2ccccc21. The van der Waals surface area contributed by atoms with Crippen molar-refractivity contribution in [2.24, 2.45) is 5.16 Å². The van der Waals surface area contributed by atoms with Gasteiger partial charge in [0, 0.05) is 30.8 Å². The summed E-state index contributed by atoms with van der Waals surface area (Å²) < 4.78 is 39.6. The van der Waals surface area contributed by atoms with E-state index in [0.29, 0.717) is 18.7 Å². The highest BCUT2D eigenvalue weighted by molar-refractivity contribution is 6.06. The van der Waals surface area contributed by atoms with E-state index in [0.717, 1.165) is 11.3 Å². The molecule has 1 heterocycles.